The van der Waals surface area contributed by atoms with E-state index in [0.29, 0.717) is 45.2 Å². The first-order valence-electron chi connectivity index (χ1n) is 13.6. The van der Waals surface area contributed by atoms with Gasteiger partial charge in [0.2, 0.25) is 11.8 Å². The third kappa shape index (κ3) is 4.51. The Kier molecular flexibility index (Phi) is 8.25. The van der Waals surface area contributed by atoms with Crippen LogP contribution in [0.15, 0.2) is 25.3 Å². The summed E-state index contributed by atoms with van der Waals surface area (Å²) in [6.45, 7) is 10.4. The number of aliphatic hydroxyl groups is 1. The molecule has 0 aromatic carbocycles. The second kappa shape index (κ2) is 11.1. The highest BCUT2D eigenvalue weighted by Crippen LogP contribution is 2.63. The van der Waals surface area contributed by atoms with Gasteiger partial charge in [0.1, 0.15) is 17.6 Å². The molecule has 2 bridgehead atoms. The molecule has 3 aliphatic heterocycles. The van der Waals surface area contributed by atoms with Gasteiger partial charge in [0, 0.05) is 25.7 Å². The number of hydrogen-bond acceptors (Lipinski definition) is 6. The summed E-state index contributed by atoms with van der Waals surface area (Å²) in [5.41, 5.74) is -1.88. The number of ether oxygens (including phenoxy) is 2. The summed E-state index contributed by atoms with van der Waals surface area (Å²) in [5, 5.41) is 9.34. The second-order valence-corrected chi connectivity index (χ2v) is 11.0. The molecule has 1 aliphatic carbocycles. The number of fused-ring (bicyclic) bond motifs is 1. The van der Waals surface area contributed by atoms with Gasteiger partial charge in [-0.2, -0.15) is 0 Å². The number of unbranched alkanes of at least 4 members (excludes halogenated alkanes) is 1. The molecule has 8 nitrogen and oxygen atoms in total. The molecular formula is C28H42N2O6. The summed E-state index contributed by atoms with van der Waals surface area (Å²) in [6.07, 6.45) is 11.4. The zero-order chi connectivity index (χ0) is 25.9. The van der Waals surface area contributed by atoms with E-state index in [1.54, 1.807) is 17.1 Å². The van der Waals surface area contributed by atoms with Crippen LogP contribution < -0.4 is 0 Å². The number of carbonyl (C=O) groups excluding carboxylic acids is 3. The fourth-order valence-corrected chi connectivity index (χ4v) is 7.14. The summed E-state index contributed by atoms with van der Waals surface area (Å²) in [5.74, 6) is -2.23. The molecule has 5 atom stereocenters. The molecular weight excluding hydrogens is 460 g/mol. The van der Waals surface area contributed by atoms with Crippen molar-refractivity contribution in [2.24, 2.45) is 11.8 Å². The lowest BCUT2D eigenvalue weighted by Crippen LogP contribution is -2.58. The van der Waals surface area contributed by atoms with E-state index in [0.717, 1.165) is 25.7 Å². The molecule has 3 saturated heterocycles. The number of amides is 2. The Morgan fingerprint density at radius 2 is 1.94 bits per heavy atom. The third-order valence-electron chi connectivity index (χ3n) is 8.76. The largest absolute Gasteiger partial charge is 0.465 e. The summed E-state index contributed by atoms with van der Waals surface area (Å²) in [4.78, 5) is 45.2. The minimum absolute atomic E-state index is 0.0205. The molecule has 200 valence electrons. The SMILES string of the molecule is C=CCCOC(=O)[C@H]1[C@H]2C(=O)N(CCCCO)C(C(=O)N(CC=C)C3CCCCC3)C23CC[C@]1(C)O3. The smallest absolute Gasteiger partial charge is 0.312 e. The lowest BCUT2D eigenvalue weighted by Gasteiger charge is -2.40. The minimum Gasteiger partial charge on any atom is -0.465 e. The Morgan fingerprint density at radius 3 is 2.61 bits per heavy atom. The van der Waals surface area contributed by atoms with Crippen LogP contribution in [0.4, 0.5) is 0 Å². The van der Waals surface area contributed by atoms with Gasteiger partial charge in [-0.15, -0.1) is 13.2 Å². The molecule has 2 unspecified atom stereocenters. The minimum atomic E-state index is -1.04. The van der Waals surface area contributed by atoms with E-state index in [2.05, 4.69) is 13.2 Å². The number of likely N-dealkylation sites (tertiary alicyclic amines) is 1. The van der Waals surface area contributed by atoms with Gasteiger partial charge in [-0.25, -0.2) is 0 Å². The molecule has 8 heteroatoms. The van der Waals surface area contributed by atoms with Crippen LogP contribution in [0.25, 0.3) is 0 Å². The fourth-order valence-electron chi connectivity index (χ4n) is 7.14. The van der Waals surface area contributed by atoms with Gasteiger partial charge < -0.3 is 24.4 Å². The van der Waals surface area contributed by atoms with Gasteiger partial charge in [-0.3, -0.25) is 14.4 Å². The van der Waals surface area contributed by atoms with E-state index in [4.69, 9.17) is 9.47 Å². The molecule has 2 amide bonds. The van der Waals surface area contributed by atoms with Gasteiger partial charge >= 0.3 is 5.97 Å². The molecule has 4 rings (SSSR count). The maximum absolute atomic E-state index is 14.4. The van der Waals surface area contributed by atoms with Gasteiger partial charge in [0.25, 0.3) is 0 Å². The normalized spacial score (nSPS) is 33.4. The standard InChI is InChI=1S/C28H42N2O6/c1-4-6-19-35-26(34)22-21-24(32)30(17-10-11-18-31)23(28(21)15-14-27(22,3)36-28)25(33)29(16-5-2)20-12-8-7-9-13-20/h4-5,20-23,31H,1-2,6-19H2,3H3/t21-,22+,23?,27-,28?/m0/s1. The highest BCUT2D eigenvalue weighted by Gasteiger charge is 2.78. The van der Waals surface area contributed by atoms with Crippen LogP contribution in [0, 0.1) is 11.8 Å². The van der Waals surface area contributed by atoms with Crippen LogP contribution in [0.1, 0.15) is 71.1 Å². The van der Waals surface area contributed by atoms with Gasteiger partial charge in [0.05, 0.1) is 18.1 Å². The first-order valence-corrected chi connectivity index (χ1v) is 13.6. The zero-order valence-electron chi connectivity index (χ0n) is 21.7. The molecule has 4 fully saturated rings. The second-order valence-electron chi connectivity index (χ2n) is 11.0. The Morgan fingerprint density at radius 1 is 1.19 bits per heavy atom. The van der Waals surface area contributed by atoms with Crippen molar-refractivity contribution in [3.63, 3.8) is 0 Å². The van der Waals surface area contributed by atoms with Crippen molar-refractivity contribution in [3.05, 3.63) is 25.3 Å². The van der Waals surface area contributed by atoms with E-state index < -0.39 is 35.0 Å². The lowest BCUT2D eigenvalue weighted by atomic mass is 9.66. The monoisotopic (exact) mass is 502 g/mol. The molecule has 1 N–H and O–H groups in total. The first kappa shape index (κ1) is 26.9. The average Bonchev–Trinajstić information content (AvgIpc) is 3.44. The van der Waals surface area contributed by atoms with Crippen molar-refractivity contribution in [1.82, 2.24) is 9.80 Å². The molecule has 4 aliphatic rings. The van der Waals surface area contributed by atoms with Crippen LogP contribution >= 0.6 is 0 Å². The van der Waals surface area contributed by atoms with Crippen molar-refractivity contribution in [1.29, 1.82) is 0 Å². The topological polar surface area (TPSA) is 96.4 Å². The summed E-state index contributed by atoms with van der Waals surface area (Å²) in [6, 6.07) is -0.675. The number of nitrogens with zero attached hydrogens (tertiary/aromatic N) is 2. The van der Waals surface area contributed by atoms with Crippen molar-refractivity contribution in [3.8, 4) is 0 Å². The van der Waals surface area contributed by atoms with Gasteiger partial charge in [-0.1, -0.05) is 31.4 Å². The van der Waals surface area contributed by atoms with Gasteiger partial charge in [0.15, 0.2) is 0 Å². The van der Waals surface area contributed by atoms with Crippen molar-refractivity contribution >= 4 is 17.8 Å². The molecule has 0 aromatic rings. The Hall–Kier alpha value is -2.19. The predicted molar refractivity (Wildman–Crippen MR) is 135 cm³/mol. The number of aliphatic hydroxyl groups excluding tert-OH is 1. The van der Waals surface area contributed by atoms with Crippen molar-refractivity contribution in [2.45, 2.75) is 94.4 Å². The maximum Gasteiger partial charge on any atom is 0.312 e. The van der Waals surface area contributed by atoms with E-state index in [1.807, 2.05) is 11.8 Å². The maximum atomic E-state index is 14.4. The van der Waals surface area contributed by atoms with E-state index in [1.165, 1.54) is 6.42 Å². The van der Waals surface area contributed by atoms with Crippen LogP contribution in [0.3, 0.4) is 0 Å². The summed E-state index contributed by atoms with van der Waals surface area (Å²) in [7, 11) is 0. The number of carbonyl (C=O) groups is 3. The Balaban J connectivity index is 1.69. The van der Waals surface area contributed by atoms with Crippen LogP contribution in [-0.2, 0) is 23.9 Å². The third-order valence-corrected chi connectivity index (χ3v) is 8.76. The summed E-state index contributed by atoms with van der Waals surface area (Å²) >= 11 is 0. The number of rotatable bonds is 12. The molecule has 1 spiro atoms. The Bertz CT molecular complexity index is 870. The number of esters is 1. The van der Waals surface area contributed by atoms with Crippen LogP contribution in [0.2, 0.25) is 0 Å². The molecule has 0 aromatic heterocycles. The van der Waals surface area contributed by atoms with Crippen LogP contribution in [0.5, 0.6) is 0 Å². The van der Waals surface area contributed by atoms with E-state index in [-0.39, 0.29) is 31.1 Å². The van der Waals surface area contributed by atoms with E-state index >= 15 is 0 Å². The lowest BCUT2D eigenvalue weighted by molar-refractivity contribution is -0.160. The fraction of sp³-hybridized carbons (Fsp3) is 0.750. The summed E-state index contributed by atoms with van der Waals surface area (Å²) < 4.78 is 12.2. The average molecular weight is 503 g/mol. The first-order chi connectivity index (χ1) is 17.3. The molecule has 3 heterocycles. The predicted octanol–water partition coefficient (Wildman–Crippen LogP) is 2.99. The van der Waals surface area contributed by atoms with E-state index in [9.17, 15) is 19.5 Å². The highest BCUT2D eigenvalue weighted by atomic mass is 16.6. The quantitative estimate of drug-likeness (QED) is 0.250. The highest BCUT2D eigenvalue weighted by molar-refractivity contribution is 5.98. The van der Waals surface area contributed by atoms with Crippen molar-refractivity contribution < 1.29 is 29.0 Å². The molecule has 36 heavy (non-hydrogen) atoms. The van der Waals surface area contributed by atoms with Crippen molar-refractivity contribution in [2.75, 3.05) is 26.3 Å². The molecule has 1 saturated carbocycles. The number of hydrogen-bond donors (Lipinski definition) is 1. The van der Waals surface area contributed by atoms with Gasteiger partial charge in [-0.05, 0) is 51.9 Å². The molecule has 0 radical (unpaired) electrons. The zero-order valence-corrected chi connectivity index (χ0v) is 21.7. The Labute approximate surface area is 214 Å². The van der Waals surface area contributed by atoms with Crippen LogP contribution in [-0.4, -0.2) is 82.3 Å².